The van der Waals surface area contributed by atoms with Crippen LogP contribution in [-0.2, 0) is 6.54 Å². The molecule has 2 N–H and O–H groups in total. The van der Waals surface area contributed by atoms with E-state index in [4.69, 9.17) is 11.6 Å². The maximum atomic E-state index is 9.25. The van der Waals surface area contributed by atoms with Crippen molar-refractivity contribution < 1.29 is 5.11 Å². The van der Waals surface area contributed by atoms with E-state index in [0.29, 0.717) is 18.6 Å². The molecule has 0 bridgehead atoms. The fraction of sp³-hybridized carbons (Fsp3) is 0.625. The lowest BCUT2D eigenvalue weighted by Crippen LogP contribution is -2.35. The number of hydrogen-bond donors (Lipinski definition) is 2. The molecule has 1 aliphatic heterocycles. The van der Waals surface area contributed by atoms with Crippen molar-refractivity contribution in [3.8, 4) is 0 Å². The monoisotopic (exact) mass is 294 g/mol. The largest absolute Gasteiger partial charge is 0.396 e. The van der Waals surface area contributed by atoms with E-state index in [-0.39, 0.29) is 0 Å². The number of halogens is 1. The minimum absolute atomic E-state index is 0.319. The number of piperidine rings is 1. The Balaban J connectivity index is 1.72. The fourth-order valence-electron chi connectivity index (χ4n) is 2.91. The standard InChI is InChI=1S/C16H23ClN2O/c17-15-2-1-3-16(14(15)10-18-13-4-5-13)19-8-6-12(11-20)7-9-19/h1-3,12-13,18,20H,4-11H2. The molecular formula is C16H23ClN2O. The lowest BCUT2D eigenvalue weighted by Gasteiger charge is -2.34. The van der Waals surface area contributed by atoms with Gasteiger partial charge in [0.2, 0.25) is 0 Å². The molecule has 4 heteroatoms. The highest BCUT2D eigenvalue weighted by atomic mass is 35.5. The van der Waals surface area contributed by atoms with Gasteiger partial charge in [0, 0.05) is 48.6 Å². The second-order valence-corrected chi connectivity index (χ2v) is 6.41. The van der Waals surface area contributed by atoms with Crippen molar-refractivity contribution in [2.24, 2.45) is 5.92 Å². The van der Waals surface area contributed by atoms with E-state index >= 15 is 0 Å². The first-order valence-corrected chi connectivity index (χ1v) is 8.02. The van der Waals surface area contributed by atoms with Crippen LogP contribution in [0.1, 0.15) is 31.2 Å². The maximum Gasteiger partial charge on any atom is 0.0471 e. The van der Waals surface area contributed by atoms with Gasteiger partial charge in [-0.3, -0.25) is 0 Å². The van der Waals surface area contributed by atoms with Crippen LogP contribution in [0.3, 0.4) is 0 Å². The van der Waals surface area contributed by atoms with Crippen LogP contribution >= 0.6 is 11.6 Å². The molecule has 1 saturated carbocycles. The number of nitrogens with one attached hydrogen (secondary N) is 1. The number of rotatable bonds is 5. The van der Waals surface area contributed by atoms with Crippen LogP contribution in [0.4, 0.5) is 5.69 Å². The Kier molecular flexibility index (Phi) is 4.49. The summed E-state index contributed by atoms with van der Waals surface area (Å²) < 4.78 is 0. The van der Waals surface area contributed by atoms with Crippen LogP contribution in [0, 0.1) is 5.92 Å². The van der Waals surface area contributed by atoms with E-state index in [9.17, 15) is 5.11 Å². The molecule has 1 aromatic rings. The Labute approximate surface area is 125 Å². The molecule has 0 spiro atoms. The van der Waals surface area contributed by atoms with Gasteiger partial charge in [0.15, 0.2) is 0 Å². The predicted octanol–water partition coefficient (Wildman–Crippen LogP) is 2.80. The van der Waals surface area contributed by atoms with Crippen molar-refractivity contribution >= 4 is 17.3 Å². The second-order valence-electron chi connectivity index (χ2n) is 6.01. The Morgan fingerprint density at radius 3 is 2.60 bits per heavy atom. The van der Waals surface area contributed by atoms with Gasteiger partial charge in [0.1, 0.15) is 0 Å². The Bertz CT molecular complexity index is 454. The zero-order chi connectivity index (χ0) is 13.9. The lowest BCUT2D eigenvalue weighted by molar-refractivity contribution is 0.203. The number of anilines is 1. The van der Waals surface area contributed by atoms with Crippen LogP contribution in [-0.4, -0.2) is 30.8 Å². The summed E-state index contributed by atoms with van der Waals surface area (Å²) >= 11 is 6.40. The topological polar surface area (TPSA) is 35.5 Å². The predicted molar refractivity (Wildman–Crippen MR) is 83.3 cm³/mol. The van der Waals surface area contributed by atoms with Crippen LogP contribution < -0.4 is 10.2 Å². The van der Waals surface area contributed by atoms with Gasteiger partial charge in [-0.05, 0) is 43.7 Å². The average Bonchev–Trinajstić information content (AvgIpc) is 3.30. The smallest absolute Gasteiger partial charge is 0.0471 e. The van der Waals surface area contributed by atoms with Gasteiger partial charge >= 0.3 is 0 Å². The highest BCUT2D eigenvalue weighted by molar-refractivity contribution is 6.31. The highest BCUT2D eigenvalue weighted by Gasteiger charge is 2.24. The summed E-state index contributed by atoms with van der Waals surface area (Å²) in [5, 5.41) is 13.7. The van der Waals surface area contributed by atoms with Crippen LogP contribution in [0.25, 0.3) is 0 Å². The summed E-state index contributed by atoms with van der Waals surface area (Å²) in [7, 11) is 0. The number of aliphatic hydroxyl groups is 1. The first kappa shape index (κ1) is 14.2. The number of nitrogens with zero attached hydrogens (tertiary/aromatic N) is 1. The van der Waals surface area contributed by atoms with Crippen LogP contribution in [0.2, 0.25) is 5.02 Å². The molecule has 1 aliphatic carbocycles. The van der Waals surface area contributed by atoms with Gasteiger partial charge in [0.05, 0.1) is 0 Å². The van der Waals surface area contributed by atoms with E-state index in [1.165, 1.54) is 24.1 Å². The van der Waals surface area contributed by atoms with E-state index in [1.54, 1.807) is 0 Å². The van der Waals surface area contributed by atoms with E-state index in [0.717, 1.165) is 37.5 Å². The van der Waals surface area contributed by atoms with Crippen LogP contribution in [0.15, 0.2) is 18.2 Å². The normalized spacial score (nSPS) is 20.4. The maximum absolute atomic E-state index is 9.25. The van der Waals surface area contributed by atoms with Crippen molar-refractivity contribution in [2.75, 3.05) is 24.6 Å². The van der Waals surface area contributed by atoms with Crippen molar-refractivity contribution in [2.45, 2.75) is 38.3 Å². The minimum atomic E-state index is 0.319. The molecule has 2 aliphatic rings. The molecule has 20 heavy (non-hydrogen) atoms. The molecule has 0 aromatic heterocycles. The van der Waals surface area contributed by atoms with Gasteiger partial charge in [-0.15, -0.1) is 0 Å². The van der Waals surface area contributed by atoms with Crippen molar-refractivity contribution in [1.29, 1.82) is 0 Å². The zero-order valence-electron chi connectivity index (χ0n) is 11.8. The average molecular weight is 295 g/mol. The van der Waals surface area contributed by atoms with E-state index in [1.807, 2.05) is 12.1 Å². The fourth-order valence-corrected chi connectivity index (χ4v) is 3.15. The summed E-state index contributed by atoms with van der Waals surface area (Å²) in [6.07, 6.45) is 4.72. The van der Waals surface area contributed by atoms with Crippen molar-refractivity contribution in [1.82, 2.24) is 5.32 Å². The molecule has 1 aromatic carbocycles. The van der Waals surface area contributed by atoms with Gasteiger partial charge in [-0.1, -0.05) is 17.7 Å². The molecule has 0 unspecified atom stereocenters. The first-order chi connectivity index (χ1) is 9.78. The Hall–Kier alpha value is -0.770. The number of aliphatic hydroxyl groups excluding tert-OH is 1. The van der Waals surface area contributed by atoms with Crippen molar-refractivity contribution in [3.63, 3.8) is 0 Å². The van der Waals surface area contributed by atoms with E-state index in [2.05, 4.69) is 16.3 Å². The van der Waals surface area contributed by atoms with E-state index < -0.39 is 0 Å². The summed E-state index contributed by atoms with van der Waals surface area (Å²) in [5.41, 5.74) is 2.49. The number of hydrogen-bond acceptors (Lipinski definition) is 3. The summed E-state index contributed by atoms with van der Waals surface area (Å²) in [5.74, 6) is 0.471. The molecule has 0 amide bonds. The third kappa shape index (κ3) is 3.27. The van der Waals surface area contributed by atoms with Crippen molar-refractivity contribution in [3.05, 3.63) is 28.8 Å². The quantitative estimate of drug-likeness (QED) is 0.876. The third-order valence-corrected chi connectivity index (χ3v) is 4.81. The summed E-state index contributed by atoms with van der Waals surface area (Å²) in [6.45, 7) is 3.21. The molecule has 110 valence electrons. The third-order valence-electron chi connectivity index (χ3n) is 4.45. The molecule has 0 atom stereocenters. The zero-order valence-corrected chi connectivity index (χ0v) is 12.6. The summed E-state index contributed by atoms with van der Waals surface area (Å²) in [6, 6.07) is 6.89. The van der Waals surface area contributed by atoms with Gasteiger partial charge in [-0.25, -0.2) is 0 Å². The SMILES string of the molecule is OCC1CCN(c2cccc(Cl)c2CNC2CC2)CC1. The number of benzene rings is 1. The molecule has 1 saturated heterocycles. The minimum Gasteiger partial charge on any atom is -0.396 e. The van der Waals surface area contributed by atoms with Gasteiger partial charge in [0.25, 0.3) is 0 Å². The summed E-state index contributed by atoms with van der Waals surface area (Å²) in [4.78, 5) is 2.42. The molecule has 3 rings (SSSR count). The van der Waals surface area contributed by atoms with Gasteiger partial charge < -0.3 is 15.3 Å². The highest BCUT2D eigenvalue weighted by Crippen LogP contribution is 2.31. The first-order valence-electron chi connectivity index (χ1n) is 7.64. The Morgan fingerprint density at radius 2 is 1.95 bits per heavy atom. The lowest BCUT2D eigenvalue weighted by atomic mass is 9.97. The molecule has 1 heterocycles. The van der Waals surface area contributed by atoms with Gasteiger partial charge in [-0.2, -0.15) is 0 Å². The molecular weight excluding hydrogens is 272 g/mol. The molecule has 0 radical (unpaired) electrons. The Morgan fingerprint density at radius 1 is 1.20 bits per heavy atom. The van der Waals surface area contributed by atoms with Crippen LogP contribution in [0.5, 0.6) is 0 Å². The molecule has 3 nitrogen and oxygen atoms in total. The molecule has 2 fully saturated rings. The second kappa shape index (κ2) is 6.33.